The van der Waals surface area contributed by atoms with Crippen LogP contribution in [0.1, 0.15) is 65.7 Å². The van der Waals surface area contributed by atoms with E-state index in [-0.39, 0.29) is 25.2 Å². The summed E-state index contributed by atoms with van der Waals surface area (Å²) in [5.41, 5.74) is 5.50. The fraction of sp³-hybridized carbons (Fsp3) is 0.769. The highest BCUT2D eigenvalue weighted by atomic mass is 32.2. The van der Waals surface area contributed by atoms with Gasteiger partial charge >= 0.3 is 0 Å². The number of hydrogen-bond donors (Lipinski definition) is 13. The van der Waals surface area contributed by atoms with Crippen LogP contribution in [0.3, 0.4) is 0 Å². The number of fused-ring (bicyclic) bond motifs is 5. The number of nitrogens with one attached hydrogen (secondary N) is 8. The van der Waals surface area contributed by atoms with Crippen LogP contribution in [0.2, 0.25) is 0 Å². The Morgan fingerprint density at radius 3 is 2.11 bits per heavy atom. The van der Waals surface area contributed by atoms with Crippen LogP contribution in [-0.2, 0) is 54.0 Å². The van der Waals surface area contributed by atoms with Gasteiger partial charge in [-0.1, -0.05) is 27.2 Å². The summed E-state index contributed by atoms with van der Waals surface area (Å²) in [6, 6.07) is -10.0. The molecular weight excluding hydrogens is 865 g/mol. The molecule has 25 heteroatoms. The Labute approximate surface area is 371 Å². The van der Waals surface area contributed by atoms with Gasteiger partial charge in [0, 0.05) is 35.7 Å². The second-order valence-electron chi connectivity index (χ2n) is 17.5. The summed E-state index contributed by atoms with van der Waals surface area (Å²) in [6.07, 6.45) is -3.86. The molecule has 4 heterocycles. The fourth-order valence-electron chi connectivity index (χ4n) is 9.21. The van der Waals surface area contributed by atoms with Gasteiger partial charge in [0.2, 0.25) is 53.2 Å². The number of carbonyl (C=O) groups excluding carboxylic acids is 9. The second kappa shape index (κ2) is 21.9. The van der Waals surface area contributed by atoms with E-state index in [0.717, 1.165) is 4.90 Å². The molecule has 9 amide bonds. The van der Waals surface area contributed by atoms with E-state index in [9.17, 15) is 67.8 Å². The van der Waals surface area contributed by atoms with E-state index in [1.54, 1.807) is 13.8 Å². The lowest BCUT2D eigenvalue weighted by molar-refractivity contribution is -0.144. The number of amides is 9. The zero-order chi connectivity index (χ0) is 47.2. The van der Waals surface area contributed by atoms with E-state index < -0.39 is 186 Å². The molecular formula is C39H62N10O14S. The van der Waals surface area contributed by atoms with Gasteiger partial charge in [-0.2, -0.15) is 0 Å². The van der Waals surface area contributed by atoms with Crippen molar-refractivity contribution >= 4 is 64.0 Å². The summed E-state index contributed by atoms with van der Waals surface area (Å²) < 4.78 is 14.7. The molecule has 4 saturated heterocycles. The maximum Gasteiger partial charge on any atom is 0.246 e. The van der Waals surface area contributed by atoms with Gasteiger partial charge in [0.25, 0.3) is 0 Å². The van der Waals surface area contributed by atoms with Crippen LogP contribution in [0, 0.1) is 23.7 Å². The first-order valence-corrected chi connectivity index (χ1v) is 23.0. The first kappa shape index (κ1) is 50.2. The average Bonchev–Trinajstić information content (AvgIpc) is 3.82. The van der Waals surface area contributed by atoms with Gasteiger partial charge in [0.15, 0.2) is 0 Å². The van der Waals surface area contributed by atoms with Crippen molar-refractivity contribution < 1.29 is 67.8 Å². The maximum absolute atomic E-state index is 14.7. The molecule has 0 aromatic rings. The Kier molecular flexibility index (Phi) is 17.2. The Bertz CT molecular complexity index is 1840. The highest BCUT2D eigenvalue weighted by Gasteiger charge is 2.51. The van der Waals surface area contributed by atoms with Crippen molar-refractivity contribution in [3.8, 4) is 0 Å². The molecule has 5 aliphatic rings. The molecule has 0 radical (unpaired) electrons. The number of aliphatic hydroxyl groups is 4. The number of nitrogens with zero attached hydrogens (tertiary/aromatic N) is 1. The summed E-state index contributed by atoms with van der Waals surface area (Å²) in [4.78, 5) is 125. The molecule has 24 nitrogen and oxygen atoms in total. The lowest BCUT2D eigenvalue weighted by Gasteiger charge is -2.35. The van der Waals surface area contributed by atoms with Gasteiger partial charge in [-0.25, -0.2) is 0 Å². The van der Waals surface area contributed by atoms with E-state index >= 15 is 0 Å². The number of hydrogen-bond acceptors (Lipinski definition) is 15. The minimum atomic E-state index is -2.16. The summed E-state index contributed by atoms with van der Waals surface area (Å²) in [5.74, 6) is -12.3. The average molecular weight is 927 g/mol. The molecule has 4 aliphatic heterocycles. The van der Waals surface area contributed by atoms with Crippen LogP contribution in [-0.4, -0.2) is 181 Å². The fourth-order valence-corrected chi connectivity index (χ4v) is 11.0. The van der Waals surface area contributed by atoms with Crippen molar-refractivity contribution in [2.75, 3.05) is 32.0 Å². The van der Waals surface area contributed by atoms with Crippen LogP contribution < -0.4 is 48.3 Å². The minimum absolute atomic E-state index is 0.212. The molecule has 14 N–H and O–H groups in total. The predicted octanol–water partition coefficient (Wildman–Crippen LogP) is -7.24. The Morgan fingerprint density at radius 1 is 0.781 bits per heavy atom. The van der Waals surface area contributed by atoms with Crippen molar-refractivity contribution in [3.05, 3.63) is 0 Å². The van der Waals surface area contributed by atoms with Gasteiger partial charge in [-0.05, 0) is 43.4 Å². The number of carbonyl (C=O) groups is 9. The van der Waals surface area contributed by atoms with Crippen LogP contribution >= 0.6 is 0 Å². The molecule has 5 rings (SSSR count). The molecule has 0 aromatic heterocycles. The largest absolute Gasteiger partial charge is 0.394 e. The number of primary amides is 1. The SMILES string of the molecule is CCC(C)C1NC(=O)CNC(=O)C2CC3C4CCC(O)CC4NC3S(=O)CC(NC(=O)CNC1=O)C(=O)NC(CC(N)=O)C(=O)N1CC(O)CC1C(=O)NC(C(C)C(O)CO)C(=O)N2. The summed E-state index contributed by atoms with van der Waals surface area (Å²) >= 11 is 0. The van der Waals surface area contributed by atoms with Crippen LogP contribution in [0.4, 0.5) is 0 Å². The van der Waals surface area contributed by atoms with Crippen molar-refractivity contribution in [1.82, 2.24) is 47.4 Å². The van der Waals surface area contributed by atoms with Gasteiger partial charge < -0.3 is 68.3 Å². The highest BCUT2D eigenvalue weighted by molar-refractivity contribution is 7.85. The molecule has 16 unspecified atom stereocenters. The Hall–Kier alpha value is -4.82. The van der Waals surface area contributed by atoms with Crippen molar-refractivity contribution in [2.45, 2.75) is 132 Å². The molecule has 0 spiro atoms. The van der Waals surface area contributed by atoms with E-state index in [1.807, 2.05) is 0 Å². The monoisotopic (exact) mass is 926 g/mol. The van der Waals surface area contributed by atoms with Gasteiger partial charge in [0.1, 0.15) is 36.3 Å². The zero-order valence-electron chi connectivity index (χ0n) is 35.9. The first-order chi connectivity index (χ1) is 30.2. The van der Waals surface area contributed by atoms with Crippen LogP contribution in [0.5, 0.6) is 0 Å². The van der Waals surface area contributed by atoms with Crippen molar-refractivity contribution in [3.63, 3.8) is 0 Å². The highest BCUT2D eigenvalue weighted by Crippen LogP contribution is 2.41. The van der Waals surface area contributed by atoms with Crippen molar-refractivity contribution in [1.29, 1.82) is 0 Å². The third kappa shape index (κ3) is 12.1. The molecule has 5 fully saturated rings. The smallest absolute Gasteiger partial charge is 0.246 e. The van der Waals surface area contributed by atoms with Gasteiger partial charge in [0.05, 0.1) is 55.6 Å². The zero-order valence-corrected chi connectivity index (χ0v) is 36.8. The number of nitrogens with two attached hydrogens (primary N) is 1. The number of aliphatic hydroxyl groups excluding tert-OH is 4. The Morgan fingerprint density at radius 2 is 1.45 bits per heavy atom. The summed E-state index contributed by atoms with van der Waals surface area (Å²) in [7, 11) is -2.16. The summed E-state index contributed by atoms with van der Waals surface area (Å²) in [5, 5.41) is 61.6. The van der Waals surface area contributed by atoms with E-state index in [2.05, 4.69) is 42.5 Å². The molecule has 1 saturated carbocycles. The van der Waals surface area contributed by atoms with E-state index in [1.165, 1.54) is 6.92 Å². The van der Waals surface area contributed by atoms with E-state index in [0.29, 0.717) is 19.3 Å². The molecule has 358 valence electrons. The predicted molar refractivity (Wildman–Crippen MR) is 222 cm³/mol. The molecule has 16 atom stereocenters. The van der Waals surface area contributed by atoms with Crippen LogP contribution in [0.25, 0.3) is 0 Å². The van der Waals surface area contributed by atoms with Gasteiger partial charge in [-0.15, -0.1) is 0 Å². The molecule has 1 aliphatic carbocycles. The number of rotatable bonds is 7. The van der Waals surface area contributed by atoms with Gasteiger partial charge in [-0.3, -0.25) is 52.7 Å². The standard InChI is InChI=1S/C39H62N10O14S/c1-4-16(2)31-36(60)42-11-29(55)43-25-15-64(63)38-21(20-6-5-18(51)7-22(20)46-38)9-23(33(57)41-12-30(56)47-31)44-37(61)32(17(3)27(53)14-50)48-35(59)26-8-19(52)13-49(26)39(62)24(10-28(40)54)45-34(25)58/h16-27,31-32,38,46,50-53H,4-15H2,1-3H3,(H2,40,54)(H,41,57)(H,42,60)(H,43,55)(H,44,61)(H,45,58)(H,47,56)(H,48,59). The lowest BCUT2D eigenvalue weighted by atomic mass is 9.76. The third-order valence-electron chi connectivity index (χ3n) is 13.0. The quantitative estimate of drug-likeness (QED) is 0.113. The molecule has 0 aromatic carbocycles. The molecule has 2 bridgehead atoms. The first-order valence-electron chi connectivity index (χ1n) is 21.6. The normalized spacial score (nSPS) is 36.5. The second-order valence-corrected chi connectivity index (χ2v) is 19.1. The lowest BCUT2D eigenvalue weighted by Crippen LogP contribution is -2.62. The van der Waals surface area contributed by atoms with E-state index in [4.69, 9.17) is 5.73 Å². The Balaban J connectivity index is 1.67. The molecule has 64 heavy (non-hydrogen) atoms. The van der Waals surface area contributed by atoms with Crippen molar-refractivity contribution in [2.24, 2.45) is 29.4 Å². The third-order valence-corrected chi connectivity index (χ3v) is 14.8. The maximum atomic E-state index is 14.7. The summed E-state index contributed by atoms with van der Waals surface area (Å²) in [6.45, 7) is 1.96. The minimum Gasteiger partial charge on any atom is -0.394 e. The van der Waals surface area contributed by atoms with Crippen LogP contribution in [0.15, 0.2) is 0 Å². The topological polar surface area (TPSA) is 377 Å².